The highest BCUT2D eigenvalue weighted by molar-refractivity contribution is 7.13. The van der Waals surface area contributed by atoms with Gasteiger partial charge in [0.2, 0.25) is 0 Å². The molecule has 116 valence electrons. The molecular formula is C17H16N4OS. The Bertz CT molecular complexity index is 765. The molecule has 0 saturated heterocycles. The van der Waals surface area contributed by atoms with Crippen molar-refractivity contribution in [1.29, 1.82) is 0 Å². The first-order valence-electron chi connectivity index (χ1n) is 7.55. The van der Waals surface area contributed by atoms with Crippen LogP contribution in [0.1, 0.15) is 11.3 Å². The van der Waals surface area contributed by atoms with Crippen LogP contribution in [0.3, 0.4) is 0 Å². The summed E-state index contributed by atoms with van der Waals surface area (Å²) < 4.78 is 5.92. The summed E-state index contributed by atoms with van der Waals surface area (Å²) in [4.78, 5) is 13.0. The van der Waals surface area contributed by atoms with Crippen LogP contribution in [-0.4, -0.2) is 27.6 Å². The molecule has 1 aliphatic rings. The average molecular weight is 324 g/mol. The summed E-state index contributed by atoms with van der Waals surface area (Å²) in [5.41, 5.74) is 2.30. The number of benzene rings is 1. The van der Waals surface area contributed by atoms with Gasteiger partial charge in [0, 0.05) is 37.3 Å². The van der Waals surface area contributed by atoms with E-state index in [1.165, 1.54) is 5.56 Å². The van der Waals surface area contributed by atoms with Crippen molar-refractivity contribution >= 4 is 11.3 Å². The summed E-state index contributed by atoms with van der Waals surface area (Å²) in [7, 11) is 0. The van der Waals surface area contributed by atoms with Crippen molar-refractivity contribution in [1.82, 2.24) is 20.3 Å². The van der Waals surface area contributed by atoms with Gasteiger partial charge in [-0.25, -0.2) is 15.0 Å². The molecule has 0 radical (unpaired) electrons. The van der Waals surface area contributed by atoms with Crippen LogP contribution in [0.5, 0.6) is 5.75 Å². The second-order valence-corrected chi connectivity index (χ2v) is 6.26. The van der Waals surface area contributed by atoms with Gasteiger partial charge in [-0.2, -0.15) is 0 Å². The minimum Gasteiger partial charge on any atom is -0.488 e. The zero-order chi connectivity index (χ0) is 15.5. The minimum atomic E-state index is 0.197. The maximum atomic E-state index is 5.92. The van der Waals surface area contributed by atoms with Crippen LogP contribution in [0, 0.1) is 0 Å². The molecule has 23 heavy (non-hydrogen) atoms. The van der Waals surface area contributed by atoms with Crippen molar-refractivity contribution < 1.29 is 4.74 Å². The predicted octanol–water partition coefficient (Wildman–Crippen LogP) is 2.69. The van der Waals surface area contributed by atoms with Gasteiger partial charge in [0.25, 0.3) is 0 Å². The van der Waals surface area contributed by atoms with Crippen LogP contribution in [0.2, 0.25) is 0 Å². The topological polar surface area (TPSA) is 59.9 Å². The van der Waals surface area contributed by atoms with E-state index in [0.29, 0.717) is 5.82 Å². The molecular weight excluding hydrogens is 308 g/mol. The number of hydrogen-bond acceptors (Lipinski definition) is 6. The van der Waals surface area contributed by atoms with Crippen LogP contribution in [0.4, 0.5) is 0 Å². The van der Waals surface area contributed by atoms with E-state index in [0.717, 1.165) is 36.0 Å². The molecule has 0 saturated carbocycles. The maximum Gasteiger partial charge on any atom is 0.188 e. The van der Waals surface area contributed by atoms with Crippen molar-refractivity contribution in [3.63, 3.8) is 0 Å². The number of nitrogens with zero attached hydrogens (tertiary/aromatic N) is 3. The lowest BCUT2D eigenvalue weighted by molar-refractivity contribution is 0.227. The molecule has 3 aromatic rings. The minimum absolute atomic E-state index is 0.197. The van der Waals surface area contributed by atoms with E-state index in [2.05, 4.69) is 32.4 Å². The predicted molar refractivity (Wildman–Crippen MR) is 89.4 cm³/mol. The SMILES string of the molecule is c1cnc(-c2nc(CNCC3Cc4ccccc4O3)cs2)nc1. The van der Waals surface area contributed by atoms with Gasteiger partial charge < -0.3 is 10.1 Å². The molecule has 0 amide bonds. The summed E-state index contributed by atoms with van der Waals surface area (Å²) >= 11 is 1.57. The van der Waals surface area contributed by atoms with Crippen molar-refractivity contribution in [2.75, 3.05) is 6.54 Å². The molecule has 1 aliphatic heterocycles. The molecule has 0 bridgehead atoms. The van der Waals surface area contributed by atoms with Crippen LogP contribution in [0.15, 0.2) is 48.1 Å². The molecule has 5 nitrogen and oxygen atoms in total. The fourth-order valence-corrected chi connectivity index (χ4v) is 3.39. The van der Waals surface area contributed by atoms with E-state index in [1.807, 2.05) is 17.5 Å². The Labute approximate surface area is 138 Å². The maximum absolute atomic E-state index is 5.92. The standard InChI is InChI=1S/C17H16N4OS/c1-2-5-15-12(4-1)8-14(22-15)10-18-9-13-11-23-17(21-13)16-19-6-3-7-20-16/h1-7,11,14,18H,8-10H2. The van der Waals surface area contributed by atoms with Gasteiger partial charge in [-0.15, -0.1) is 11.3 Å². The Hall–Kier alpha value is -2.31. The second kappa shape index (κ2) is 6.44. The normalized spacial score (nSPS) is 16.1. The lowest BCUT2D eigenvalue weighted by Gasteiger charge is -2.10. The first kappa shape index (κ1) is 14.3. The highest BCUT2D eigenvalue weighted by atomic mass is 32.1. The third-order valence-electron chi connectivity index (χ3n) is 3.70. The molecule has 1 aromatic carbocycles. The molecule has 1 N–H and O–H groups in total. The van der Waals surface area contributed by atoms with Crippen LogP contribution in [0.25, 0.3) is 10.8 Å². The first-order valence-corrected chi connectivity index (χ1v) is 8.43. The first-order chi connectivity index (χ1) is 11.4. The Balaban J connectivity index is 1.30. The van der Waals surface area contributed by atoms with Gasteiger partial charge in [0.15, 0.2) is 10.8 Å². The van der Waals surface area contributed by atoms with Crippen LogP contribution < -0.4 is 10.1 Å². The number of nitrogens with one attached hydrogen (secondary N) is 1. The van der Waals surface area contributed by atoms with Gasteiger partial charge >= 0.3 is 0 Å². The summed E-state index contributed by atoms with van der Waals surface area (Å²) in [5, 5.41) is 6.32. The molecule has 1 unspecified atom stereocenters. The quantitative estimate of drug-likeness (QED) is 0.782. The number of ether oxygens (including phenoxy) is 1. The van der Waals surface area contributed by atoms with E-state index in [-0.39, 0.29) is 6.10 Å². The van der Waals surface area contributed by atoms with Gasteiger partial charge in [0.1, 0.15) is 11.9 Å². The smallest absolute Gasteiger partial charge is 0.188 e. The third kappa shape index (κ3) is 3.23. The van der Waals surface area contributed by atoms with Gasteiger partial charge in [-0.3, -0.25) is 0 Å². The number of para-hydroxylation sites is 1. The Morgan fingerprint density at radius 3 is 2.91 bits per heavy atom. The molecule has 4 rings (SSSR count). The largest absolute Gasteiger partial charge is 0.488 e. The molecule has 1 atom stereocenters. The van der Waals surface area contributed by atoms with E-state index >= 15 is 0 Å². The van der Waals surface area contributed by atoms with E-state index in [4.69, 9.17) is 4.74 Å². The van der Waals surface area contributed by atoms with Crippen LogP contribution >= 0.6 is 11.3 Å². The van der Waals surface area contributed by atoms with Crippen LogP contribution in [-0.2, 0) is 13.0 Å². The Morgan fingerprint density at radius 1 is 1.17 bits per heavy atom. The van der Waals surface area contributed by atoms with Crippen molar-refractivity contribution in [2.45, 2.75) is 19.1 Å². The summed E-state index contributed by atoms with van der Waals surface area (Å²) in [6, 6.07) is 10.0. The lowest BCUT2D eigenvalue weighted by atomic mass is 10.1. The van der Waals surface area contributed by atoms with E-state index < -0.39 is 0 Å². The number of rotatable bonds is 5. The zero-order valence-corrected chi connectivity index (χ0v) is 13.3. The fraction of sp³-hybridized carbons (Fsp3) is 0.235. The molecule has 6 heteroatoms. The summed E-state index contributed by atoms with van der Waals surface area (Å²) in [6.07, 6.45) is 4.62. The van der Waals surface area contributed by atoms with Crippen molar-refractivity contribution in [2.24, 2.45) is 0 Å². The number of thiazole rings is 1. The highest BCUT2D eigenvalue weighted by Crippen LogP contribution is 2.27. The molecule has 2 aromatic heterocycles. The monoisotopic (exact) mass is 324 g/mol. The molecule has 3 heterocycles. The Kier molecular flexibility index (Phi) is 4.00. The third-order valence-corrected chi connectivity index (χ3v) is 4.59. The van der Waals surface area contributed by atoms with Crippen molar-refractivity contribution in [3.8, 4) is 16.6 Å². The molecule has 0 aliphatic carbocycles. The summed E-state index contributed by atoms with van der Waals surface area (Å²) in [5.74, 6) is 1.69. The highest BCUT2D eigenvalue weighted by Gasteiger charge is 2.21. The fourth-order valence-electron chi connectivity index (χ4n) is 2.63. The lowest BCUT2D eigenvalue weighted by Crippen LogP contribution is -2.29. The van der Waals surface area contributed by atoms with E-state index in [1.54, 1.807) is 29.8 Å². The number of aromatic nitrogens is 3. The van der Waals surface area contributed by atoms with Gasteiger partial charge in [-0.05, 0) is 17.7 Å². The second-order valence-electron chi connectivity index (χ2n) is 5.40. The molecule has 0 fully saturated rings. The zero-order valence-electron chi connectivity index (χ0n) is 12.5. The number of hydrogen-bond donors (Lipinski definition) is 1. The van der Waals surface area contributed by atoms with Gasteiger partial charge in [-0.1, -0.05) is 18.2 Å². The summed E-state index contributed by atoms with van der Waals surface area (Å²) in [6.45, 7) is 1.53. The average Bonchev–Trinajstić information content (AvgIpc) is 3.22. The van der Waals surface area contributed by atoms with Crippen molar-refractivity contribution in [3.05, 3.63) is 59.4 Å². The van der Waals surface area contributed by atoms with Gasteiger partial charge in [0.05, 0.1) is 5.69 Å². The number of fused-ring (bicyclic) bond motifs is 1. The van der Waals surface area contributed by atoms with E-state index in [9.17, 15) is 0 Å². The Morgan fingerprint density at radius 2 is 2.04 bits per heavy atom. The molecule has 0 spiro atoms.